The van der Waals surface area contributed by atoms with Crippen molar-refractivity contribution in [2.24, 2.45) is 10.9 Å². The van der Waals surface area contributed by atoms with Gasteiger partial charge in [-0.25, -0.2) is 4.99 Å². The second kappa shape index (κ2) is 9.76. The highest BCUT2D eigenvalue weighted by Crippen LogP contribution is 2.19. The van der Waals surface area contributed by atoms with Gasteiger partial charge in [0, 0.05) is 38.1 Å². The summed E-state index contributed by atoms with van der Waals surface area (Å²) in [5.41, 5.74) is 0.904. The molecule has 6 heteroatoms. The Morgan fingerprint density at radius 3 is 2.93 bits per heavy atom. The molecule has 148 valence electrons. The summed E-state index contributed by atoms with van der Waals surface area (Å²) in [6.45, 7) is 12.6. The van der Waals surface area contributed by atoms with Gasteiger partial charge in [-0.2, -0.15) is 0 Å². The largest absolute Gasteiger partial charge is 0.459 e. The lowest BCUT2D eigenvalue weighted by Gasteiger charge is -2.34. The third-order valence-corrected chi connectivity index (χ3v) is 4.56. The Labute approximate surface area is 162 Å². The number of aliphatic imine (C=N–C) groups is 1. The lowest BCUT2D eigenvalue weighted by molar-refractivity contribution is -0.0284. The van der Waals surface area contributed by atoms with Crippen molar-refractivity contribution >= 4 is 16.9 Å². The van der Waals surface area contributed by atoms with E-state index in [4.69, 9.17) is 9.15 Å². The van der Waals surface area contributed by atoms with E-state index in [9.17, 15) is 0 Å². The molecule has 2 aromatic rings. The Kier molecular flexibility index (Phi) is 7.12. The van der Waals surface area contributed by atoms with Crippen LogP contribution in [0.3, 0.4) is 0 Å². The molecule has 0 saturated carbocycles. The van der Waals surface area contributed by atoms with Crippen LogP contribution in [-0.4, -0.2) is 56.3 Å². The molecule has 2 heterocycles. The Morgan fingerprint density at radius 1 is 1.30 bits per heavy atom. The van der Waals surface area contributed by atoms with E-state index in [1.807, 2.05) is 18.2 Å². The maximum Gasteiger partial charge on any atom is 0.191 e. The fourth-order valence-electron chi connectivity index (χ4n) is 3.41. The summed E-state index contributed by atoms with van der Waals surface area (Å²) in [4.78, 5) is 7.15. The van der Waals surface area contributed by atoms with E-state index in [1.54, 1.807) is 0 Å². The topological polar surface area (TPSA) is 62.0 Å². The first-order chi connectivity index (χ1) is 13.1. The van der Waals surface area contributed by atoms with E-state index in [1.165, 1.54) is 0 Å². The van der Waals surface area contributed by atoms with Crippen LogP contribution in [0, 0.1) is 5.92 Å². The number of furan rings is 1. The maximum atomic E-state index is 5.92. The first-order valence-corrected chi connectivity index (χ1v) is 9.97. The number of hydrogen-bond acceptors (Lipinski definition) is 4. The summed E-state index contributed by atoms with van der Waals surface area (Å²) in [5, 5.41) is 7.82. The average Bonchev–Trinajstić information content (AvgIpc) is 3.07. The van der Waals surface area contributed by atoms with Gasteiger partial charge in [0.05, 0.1) is 12.7 Å². The second-order valence-electron chi connectivity index (χ2n) is 7.47. The molecular formula is C21H32N4O2. The molecule has 1 unspecified atom stereocenters. The molecule has 1 fully saturated rings. The van der Waals surface area contributed by atoms with Crippen LogP contribution in [0.15, 0.2) is 39.7 Å². The predicted molar refractivity (Wildman–Crippen MR) is 110 cm³/mol. The van der Waals surface area contributed by atoms with Gasteiger partial charge in [-0.1, -0.05) is 32.0 Å². The molecule has 1 aliphatic heterocycles. The van der Waals surface area contributed by atoms with E-state index < -0.39 is 0 Å². The fraction of sp³-hybridized carbons (Fsp3) is 0.571. The third kappa shape index (κ3) is 5.97. The van der Waals surface area contributed by atoms with Crippen molar-refractivity contribution in [2.75, 3.05) is 39.3 Å². The first kappa shape index (κ1) is 19.7. The molecule has 1 aromatic heterocycles. The van der Waals surface area contributed by atoms with Crippen molar-refractivity contribution in [2.45, 2.75) is 33.4 Å². The number of nitrogens with zero attached hydrogens (tertiary/aromatic N) is 2. The smallest absolute Gasteiger partial charge is 0.191 e. The standard InChI is InChI=1S/C21H32N4O2/c1-4-22-21(23-12-18-11-17-7-5-6-8-20(17)27-18)24-13-19-15-25(9-10-26-19)14-16(2)3/h5-8,11,16,19H,4,9-10,12-15H2,1-3H3,(H2,22,23,24). The molecule has 0 spiro atoms. The van der Waals surface area contributed by atoms with Gasteiger partial charge in [-0.3, -0.25) is 4.90 Å². The van der Waals surface area contributed by atoms with Gasteiger partial charge >= 0.3 is 0 Å². The Bertz CT molecular complexity index is 708. The van der Waals surface area contributed by atoms with Crippen molar-refractivity contribution in [3.05, 3.63) is 36.1 Å². The number of fused-ring (bicyclic) bond motifs is 1. The van der Waals surface area contributed by atoms with Gasteiger partial charge in [-0.05, 0) is 25.0 Å². The number of nitrogens with one attached hydrogen (secondary N) is 2. The number of rotatable bonds is 7. The van der Waals surface area contributed by atoms with Gasteiger partial charge in [0.1, 0.15) is 17.9 Å². The van der Waals surface area contributed by atoms with Gasteiger partial charge in [0.2, 0.25) is 0 Å². The molecule has 1 saturated heterocycles. The third-order valence-electron chi connectivity index (χ3n) is 4.56. The Hall–Kier alpha value is -2.05. The highest BCUT2D eigenvalue weighted by atomic mass is 16.5. The van der Waals surface area contributed by atoms with Crippen molar-refractivity contribution < 1.29 is 9.15 Å². The van der Waals surface area contributed by atoms with Crippen LogP contribution in [0.25, 0.3) is 11.0 Å². The molecule has 0 amide bonds. The number of morpholine rings is 1. The SMILES string of the molecule is CCNC(=NCc1cc2ccccc2o1)NCC1CN(CC(C)C)CCO1. The zero-order valence-corrected chi connectivity index (χ0v) is 16.7. The predicted octanol–water partition coefficient (Wildman–Crippen LogP) is 2.84. The number of ether oxygens (including phenoxy) is 1. The van der Waals surface area contributed by atoms with Crippen LogP contribution in [-0.2, 0) is 11.3 Å². The molecular weight excluding hydrogens is 340 g/mol. The first-order valence-electron chi connectivity index (χ1n) is 9.97. The van der Waals surface area contributed by atoms with Crippen molar-refractivity contribution in [3.8, 4) is 0 Å². The number of guanidine groups is 1. The van der Waals surface area contributed by atoms with Crippen LogP contribution in [0.1, 0.15) is 26.5 Å². The van der Waals surface area contributed by atoms with E-state index in [-0.39, 0.29) is 6.10 Å². The van der Waals surface area contributed by atoms with Crippen molar-refractivity contribution in [3.63, 3.8) is 0 Å². The molecule has 1 aromatic carbocycles. The molecule has 0 bridgehead atoms. The average molecular weight is 373 g/mol. The zero-order valence-electron chi connectivity index (χ0n) is 16.7. The quantitative estimate of drug-likeness (QED) is 0.578. The van der Waals surface area contributed by atoms with E-state index in [0.29, 0.717) is 12.5 Å². The highest BCUT2D eigenvalue weighted by molar-refractivity contribution is 5.80. The van der Waals surface area contributed by atoms with Gasteiger partial charge in [-0.15, -0.1) is 0 Å². The molecule has 27 heavy (non-hydrogen) atoms. The minimum Gasteiger partial charge on any atom is -0.459 e. The van der Waals surface area contributed by atoms with E-state index in [2.05, 4.69) is 53.4 Å². The number of hydrogen-bond donors (Lipinski definition) is 2. The highest BCUT2D eigenvalue weighted by Gasteiger charge is 2.21. The zero-order chi connectivity index (χ0) is 19.1. The number of benzene rings is 1. The minimum absolute atomic E-state index is 0.188. The Balaban J connectivity index is 1.54. The van der Waals surface area contributed by atoms with Gasteiger partial charge in [0.25, 0.3) is 0 Å². The maximum absolute atomic E-state index is 5.92. The fourth-order valence-corrected chi connectivity index (χ4v) is 3.41. The molecule has 1 atom stereocenters. The summed E-state index contributed by atoms with van der Waals surface area (Å²) in [6, 6.07) is 10.1. The lowest BCUT2D eigenvalue weighted by atomic mass is 10.2. The second-order valence-corrected chi connectivity index (χ2v) is 7.47. The van der Waals surface area contributed by atoms with Crippen LogP contribution in [0.4, 0.5) is 0 Å². The van der Waals surface area contributed by atoms with Crippen LogP contribution in [0.2, 0.25) is 0 Å². The normalized spacial score (nSPS) is 19.0. The van der Waals surface area contributed by atoms with E-state index >= 15 is 0 Å². The molecule has 0 aliphatic carbocycles. The van der Waals surface area contributed by atoms with Crippen molar-refractivity contribution in [1.29, 1.82) is 0 Å². The molecule has 6 nitrogen and oxygen atoms in total. The Morgan fingerprint density at radius 2 is 2.15 bits per heavy atom. The van der Waals surface area contributed by atoms with Crippen molar-refractivity contribution in [1.82, 2.24) is 15.5 Å². The molecule has 1 aliphatic rings. The summed E-state index contributed by atoms with van der Waals surface area (Å²) < 4.78 is 11.8. The molecule has 3 rings (SSSR count). The molecule has 0 radical (unpaired) electrons. The monoisotopic (exact) mass is 372 g/mol. The minimum atomic E-state index is 0.188. The molecule has 2 N–H and O–H groups in total. The van der Waals surface area contributed by atoms with Crippen LogP contribution >= 0.6 is 0 Å². The summed E-state index contributed by atoms with van der Waals surface area (Å²) in [5.74, 6) is 2.34. The van der Waals surface area contributed by atoms with Crippen LogP contribution < -0.4 is 10.6 Å². The number of para-hydroxylation sites is 1. The lowest BCUT2D eigenvalue weighted by Crippen LogP contribution is -2.50. The van der Waals surface area contributed by atoms with Crippen LogP contribution in [0.5, 0.6) is 0 Å². The van der Waals surface area contributed by atoms with Gasteiger partial charge < -0.3 is 19.8 Å². The summed E-state index contributed by atoms with van der Waals surface area (Å²) in [6.07, 6.45) is 0.188. The van der Waals surface area contributed by atoms with Gasteiger partial charge in [0.15, 0.2) is 5.96 Å². The van der Waals surface area contributed by atoms with E-state index in [0.717, 1.165) is 62.0 Å². The summed E-state index contributed by atoms with van der Waals surface area (Å²) >= 11 is 0. The summed E-state index contributed by atoms with van der Waals surface area (Å²) in [7, 11) is 0.